The molecule has 0 saturated heterocycles. The van der Waals surface area contributed by atoms with E-state index in [1.165, 1.54) is 0 Å². The zero-order valence-corrected chi connectivity index (χ0v) is 12.7. The minimum Gasteiger partial charge on any atom is -0.486 e. The number of pyridine rings is 1. The number of rotatable bonds is 5. The molecule has 1 unspecified atom stereocenters. The molecule has 1 atom stereocenters. The van der Waals surface area contributed by atoms with Crippen LogP contribution < -0.4 is 10.1 Å². The quantitative estimate of drug-likeness (QED) is 0.907. The van der Waals surface area contributed by atoms with E-state index in [9.17, 15) is 0 Å². The van der Waals surface area contributed by atoms with Gasteiger partial charge in [0.15, 0.2) is 0 Å². The second-order valence-corrected chi connectivity index (χ2v) is 5.16. The van der Waals surface area contributed by atoms with Crippen LogP contribution in [0.1, 0.15) is 29.8 Å². The lowest BCUT2D eigenvalue weighted by Gasteiger charge is -2.13. The summed E-state index contributed by atoms with van der Waals surface area (Å²) in [5.74, 6) is 0.684. The SMILES string of the molecule is CNC(C)c1ccc(OCc2ncccc2C)c(Cl)c1. The average molecular weight is 291 g/mol. The van der Waals surface area contributed by atoms with Crippen LogP contribution in [0.3, 0.4) is 0 Å². The lowest BCUT2D eigenvalue weighted by molar-refractivity contribution is 0.300. The smallest absolute Gasteiger partial charge is 0.138 e. The molecule has 0 amide bonds. The summed E-state index contributed by atoms with van der Waals surface area (Å²) in [4.78, 5) is 4.30. The van der Waals surface area contributed by atoms with E-state index in [0.29, 0.717) is 17.4 Å². The van der Waals surface area contributed by atoms with Crippen LogP contribution in [0.15, 0.2) is 36.5 Å². The van der Waals surface area contributed by atoms with Crippen molar-refractivity contribution in [2.24, 2.45) is 0 Å². The summed E-state index contributed by atoms with van der Waals surface area (Å²) >= 11 is 6.26. The van der Waals surface area contributed by atoms with Gasteiger partial charge in [-0.3, -0.25) is 4.98 Å². The molecule has 20 heavy (non-hydrogen) atoms. The molecule has 0 spiro atoms. The number of aryl methyl sites for hydroxylation is 1. The Morgan fingerprint density at radius 3 is 2.80 bits per heavy atom. The van der Waals surface area contributed by atoms with Gasteiger partial charge in [-0.15, -0.1) is 0 Å². The fraction of sp³-hybridized carbons (Fsp3) is 0.312. The average Bonchev–Trinajstić information content (AvgIpc) is 2.46. The monoisotopic (exact) mass is 290 g/mol. The van der Waals surface area contributed by atoms with Crippen molar-refractivity contribution < 1.29 is 4.74 Å². The van der Waals surface area contributed by atoms with Gasteiger partial charge in [-0.25, -0.2) is 0 Å². The number of nitrogens with zero attached hydrogens (tertiary/aromatic N) is 1. The van der Waals surface area contributed by atoms with Crippen molar-refractivity contribution in [2.45, 2.75) is 26.5 Å². The van der Waals surface area contributed by atoms with Crippen molar-refractivity contribution in [3.05, 3.63) is 58.4 Å². The van der Waals surface area contributed by atoms with Crippen molar-refractivity contribution in [1.29, 1.82) is 0 Å². The van der Waals surface area contributed by atoms with Crippen LogP contribution >= 0.6 is 11.6 Å². The first-order chi connectivity index (χ1) is 9.61. The molecule has 0 bridgehead atoms. The number of ether oxygens (including phenoxy) is 1. The van der Waals surface area contributed by atoms with E-state index in [4.69, 9.17) is 16.3 Å². The van der Waals surface area contributed by atoms with E-state index in [2.05, 4.69) is 17.2 Å². The normalized spacial score (nSPS) is 12.2. The maximum absolute atomic E-state index is 6.26. The predicted octanol–water partition coefficient (Wildman–Crippen LogP) is 3.90. The molecule has 1 aromatic heterocycles. The Hall–Kier alpha value is -1.58. The van der Waals surface area contributed by atoms with Crippen LogP contribution in [0, 0.1) is 6.92 Å². The van der Waals surface area contributed by atoms with E-state index in [1.54, 1.807) is 6.20 Å². The van der Waals surface area contributed by atoms with Crippen LogP contribution in [-0.4, -0.2) is 12.0 Å². The Labute approximate surface area is 124 Å². The van der Waals surface area contributed by atoms with Gasteiger partial charge in [0, 0.05) is 12.2 Å². The molecule has 0 aliphatic heterocycles. The van der Waals surface area contributed by atoms with Gasteiger partial charge in [0.25, 0.3) is 0 Å². The molecule has 1 aromatic carbocycles. The van der Waals surface area contributed by atoms with Crippen molar-refractivity contribution in [1.82, 2.24) is 10.3 Å². The summed E-state index contributed by atoms with van der Waals surface area (Å²) in [5, 5.41) is 3.81. The molecule has 0 aliphatic rings. The molecular weight excluding hydrogens is 272 g/mol. The van der Waals surface area contributed by atoms with Gasteiger partial charge >= 0.3 is 0 Å². The Bertz CT molecular complexity index is 586. The minimum atomic E-state index is 0.264. The van der Waals surface area contributed by atoms with Gasteiger partial charge in [0.05, 0.1) is 10.7 Å². The van der Waals surface area contributed by atoms with E-state index >= 15 is 0 Å². The topological polar surface area (TPSA) is 34.1 Å². The zero-order valence-electron chi connectivity index (χ0n) is 12.0. The summed E-state index contributed by atoms with van der Waals surface area (Å²) in [5.41, 5.74) is 3.18. The summed E-state index contributed by atoms with van der Waals surface area (Å²) in [7, 11) is 1.92. The fourth-order valence-electron chi connectivity index (χ4n) is 1.89. The van der Waals surface area contributed by atoms with Gasteiger partial charge in [0.2, 0.25) is 0 Å². The second-order valence-electron chi connectivity index (χ2n) is 4.76. The van der Waals surface area contributed by atoms with Crippen LogP contribution in [0.25, 0.3) is 0 Å². The molecule has 0 saturated carbocycles. The largest absolute Gasteiger partial charge is 0.486 e. The molecule has 106 valence electrons. The highest BCUT2D eigenvalue weighted by Crippen LogP contribution is 2.28. The van der Waals surface area contributed by atoms with Crippen molar-refractivity contribution >= 4 is 11.6 Å². The molecule has 0 fully saturated rings. The molecule has 0 aliphatic carbocycles. The second kappa shape index (κ2) is 6.73. The summed E-state index contributed by atoms with van der Waals surface area (Å²) in [6.07, 6.45) is 1.77. The zero-order chi connectivity index (χ0) is 14.5. The Balaban J connectivity index is 2.09. The Morgan fingerprint density at radius 1 is 1.35 bits per heavy atom. The predicted molar refractivity (Wildman–Crippen MR) is 82.2 cm³/mol. The van der Waals surface area contributed by atoms with Crippen molar-refractivity contribution in [3.8, 4) is 5.75 Å². The molecule has 2 rings (SSSR count). The number of nitrogens with one attached hydrogen (secondary N) is 1. The molecule has 2 aromatic rings. The fourth-order valence-corrected chi connectivity index (χ4v) is 2.13. The van der Waals surface area contributed by atoms with Gasteiger partial charge in [0.1, 0.15) is 12.4 Å². The first-order valence-corrected chi connectivity index (χ1v) is 6.99. The highest BCUT2D eigenvalue weighted by molar-refractivity contribution is 6.32. The number of halogens is 1. The van der Waals surface area contributed by atoms with Gasteiger partial charge in [-0.05, 0) is 50.2 Å². The van der Waals surface area contributed by atoms with Crippen LogP contribution in [0.2, 0.25) is 5.02 Å². The third-order valence-electron chi connectivity index (χ3n) is 3.37. The number of hydrogen-bond donors (Lipinski definition) is 1. The Kier molecular flexibility index (Phi) is 4.99. The highest BCUT2D eigenvalue weighted by Gasteiger charge is 2.08. The molecule has 0 radical (unpaired) electrons. The van der Waals surface area contributed by atoms with E-state index < -0.39 is 0 Å². The number of aromatic nitrogens is 1. The number of benzene rings is 1. The number of hydrogen-bond acceptors (Lipinski definition) is 3. The standard InChI is InChI=1S/C16H19ClN2O/c1-11-5-4-8-19-15(11)10-20-16-7-6-13(9-14(16)17)12(2)18-3/h4-9,12,18H,10H2,1-3H3. The highest BCUT2D eigenvalue weighted by atomic mass is 35.5. The first-order valence-electron chi connectivity index (χ1n) is 6.62. The van der Waals surface area contributed by atoms with E-state index in [0.717, 1.165) is 16.8 Å². The van der Waals surface area contributed by atoms with Crippen molar-refractivity contribution in [3.63, 3.8) is 0 Å². The van der Waals surface area contributed by atoms with Gasteiger partial charge < -0.3 is 10.1 Å². The summed E-state index contributed by atoms with van der Waals surface area (Å²) < 4.78 is 5.76. The molecule has 3 nitrogen and oxygen atoms in total. The maximum Gasteiger partial charge on any atom is 0.138 e. The summed E-state index contributed by atoms with van der Waals surface area (Å²) in [6.45, 7) is 4.53. The molecular formula is C16H19ClN2O. The lowest BCUT2D eigenvalue weighted by atomic mass is 10.1. The molecule has 1 heterocycles. The molecule has 4 heteroatoms. The summed E-state index contributed by atoms with van der Waals surface area (Å²) in [6, 6.07) is 10.1. The third kappa shape index (κ3) is 3.50. The van der Waals surface area contributed by atoms with Crippen LogP contribution in [0.5, 0.6) is 5.75 Å². The van der Waals surface area contributed by atoms with Crippen LogP contribution in [0.4, 0.5) is 0 Å². The van der Waals surface area contributed by atoms with E-state index in [-0.39, 0.29) is 6.04 Å². The lowest BCUT2D eigenvalue weighted by Crippen LogP contribution is -2.12. The van der Waals surface area contributed by atoms with Crippen molar-refractivity contribution in [2.75, 3.05) is 7.05 Å². The van der Waals surface area contributed by atoms with E-state index in [1.807, 2.05) is 44.3 Å². The van der Waals surface area contributed by atoms with Gasteiger partial charge in [-0.1, -0.05) is 23.7 Å². The minimum absolute atomic E-state index is 0.264. The van der Waals surface area contributed by atoms with Gasteiger partial charge in [-0.2, -0.15) is 0 Å². The third-order valence-corrected chi connectivity index (χ3v) is 3.67. The Morgan fingerprint density at radius 2 is 2.15 bits per heavy atom. The maximum atomic E-state index is 6.26. The first kappa shape index (κ1) is 14.8. The van der Waals surface area contributed by atoms with Crippen LogP contribution in [-0.2, 0) is 6.61 Å². The molecule has 1 N–H and O–H groups in total.